The Labute approximate surface area is 133 Å². The van der Waals surface area contributed by atoms with Crippen LogP contribution in [0.25, 0.3) is 0 Å². The van der Waals surface area contributed by atoms with Crippen molar-refractivity contribution in [3.8, 4) is 0 Å². The zero-order chi connectivity index (χ0) is 14.8. The highest BCUT2D eigenvalue weighted by molar-refractivity contribution is 8.00. The Kier molecular flexibility index (Phi) is 4.54. The van der Waals surface area contributed by atoms with E-state index in [1.165, 1.54) is 11.3 Å². The number of nitrogens with zero attached hydrogens (tertiary/aromatic N) is 2. The van der Waals surface area contributed by atoms with Crippen LogP contribution in [0.5, 0.6) is 0 Å². The molecule has 3 heterocycles. The molecule has 0 bridgehead atoms. The highest BCUT2D eigenvalue weighted by Gasteiger charge is 2.43. The second-order valence-electron chi connectivity index (χ2n) is 5.43. The Hall–Kier alpha value is -1.01. The van der Waals surface area contributed by atoms with Crippen LogP contribution >= 0.6 is 23.1 Å². The van der Waals surface area contributed by atoms with E-state index in [-0.39, 0.29) is 23.2 Å². The van der Waals surface area contributed by atoms with E-state index >= 15 is 0 Å². The number of thiophene rings is 1. The van der Waals surface area contributed by atoms with E-state index in [9.17, 15) is 9.59 Å². The second-order valence-corrected chi connectivity index (χ2v) is 7.59. The zero-order valence-electron chi connectivity index (χ0n) is 12.2. The third-order valence-electron chi connectivity index (χ3n) is 4.11. The Morgan fingerprint density at radius 2 is 2.10 bits per heavy atom. The van der Waals surface area contributed by atoms with Gasteiger partial charge in [-0.3, -0.25) is 9.59 Å². The molecule has 2 saturated heterocycles. The van der Waals surface area contributed by atoms with Crippen LogP contribution in [-0.4, -0.2) is 51.9 Å². The quantitative estimate of drug-likeness (QED) is 0.858. The lowest BCUT2D eigenvalue weighted by Gasteiger charge is -2.30. The van der Waals surface area contributed by atoms with Crippen LogP contribution in [0.4, 0.5) is 0 Å². The van der Waals surface area contributed by atoms with E-state index in [1.54, 1.807) is 11.8 Å². The molecule has 1 aromatic rings. The van der Waals surface area contributed by atoms with Gasteiger partial charge in [0.2, 0.25) is 5.91 Å². The van der Waals surface area contributed by atoms with Gasteiger partial charge in [-0.25, -0.2) is 0 Å². The van der Waals surface area contributed by atoms with Gasteiger partial charge in [0, 0.05) is 18.8 Å². The number of carbonyl (C=O) groups excluding carboxylic acids is 2. The number of likely N-dealkylation sites (tertiary alicyclic amines) is 1. The third-order valence-corrected chi connectivity index (χ3v) is 6.42. The first-order chi connectivity index (χ1) is 10.2. The molecular formula is C15H20N2O2S2. The minimum atomic E-state index is -0.285. The summed E-state index contributed by atoms with van der Waals surface area (Å²) in [5.41, 5.74) is 0. The van der Waals surface area contributed by atoms with Gasteiger partial charge < -0.3 is 9.80 Å². The fourth-order valence-corrected chi connectivity index (χ4v) is 5.03. The highest BCUT2D eigenvalue weighted by Crippen LogP contribution is 2.34. The predicted octanol–water partition coefficient (Wildman–Crippen LogP) is 2.66. The lowest BCUT2D eigenvalue weighted by atomic mass is 10.2. The maximum atomic E-state index is 12.8. The summed E-state index contributed by atoms with van der Waals surface area (Å²) >= 11 is 3.18. The molecule has 1 aromatic heterocycles. The molecule has 2 fully saturated rings. The van der Waals surface area contributed by atoms with Gasteiger partial charge in [-0.1, -0.05) is 13.0 Å². The standard InChI is InChI=1S/C15H20N2O2S2/c1-2-13-17(15(19)12-6-5-9-20-12)11(10-21-13)14(18)16-7-3-4-8-16/h5-6,9,11,13H,2-4,7-8,10H2,1H3. The molecule has 0 N–H and O–H groups in total. The van der Waals surface area contributed by atoms with Crippen LogP contribution in [0.15, 0.2) is 17.5 Å². The summed E-state index contributed by atoms with van der Waals surface area (Å²) in [6.45, 7) is 3.77. The Morgan fingerprint density at radius 1 is 1.33 bits per heavy atom. The molecule has 0 radical (unpaired) electrons. The first-order valence-corrected chi connectivity index (χ1v) is 9.41. The maximum absolute atomic E-state index is 12.8. The van der Waals surface area contributed by atoms with Gasteiger partial charge in [0.05, 0.1) is 10.3 Å². The number of carbonyl (C=O) groups is 2. The molecule has 4 nitrogen and oxygen atoms in total. The van der Waals surface area contributed by atoms with Crippen LogP contribution in [-0.2, 0) is 4.79 Å². The van der Waals surface area contributed by atoms with Gasteiger partial charge in [0.25, 0.3) is 5.91 Å². The molecule has 2 atom stereocenters. The summed E-state index contributed by atoms with van der Waals surface area (Å²) in [5.74, 6) is 0.880. The molecule has 21 heavy (non-hydrogen) atoms. The van der Waals surface area contributed by atoms with E-state index in [1.807, 2.05) is 27.3 Å². The molecule has 3 rings (SSSR count). The van der Waals surface area contributed by atoms with Crippen LogP contribution in [0.1, 0.15) is 35.9 Å². The summed E-state index contributed by atoms with van der Waals surface area (Å²) in [7, 11) is 0. The molecule has 2 unspecified atom stereocenters. The maximum Gasteiger partial charge on any atom is 0.265 e. The van der Waals surface area contributed by atoms with E-state index in [0.717, 1.165) is 43.0 Å². The number of hydrogen-bond acceptors (Lipinski definition) is 4. The molecule has 6 heteroatoms. The van der Waals surface area contributed by atoms with Gasteiger partial charge in [-0.2, -0.15) is 0 Å². The van der Waals surface area contributed by atoms with Crippen LogP contribution in [0.2, 0.25) is 0 Å². The fourth-order valence-electron chi connectivity index (χ4n) is 3.02. The number of hydrogen-bond donors (Lipinski definition) is 0. The number of thioether (sulfide) groups is 1. The van der Waals surface area contributed by atoms with Gasteiger partial charge >= 0.3 is 0 Å². The summed E-state index contributed by atoms with van der Waals surface area (Å²) < 4.78 is 0. The molecule has 0 saturated carbocycles. The van der Waals surface area contributed by atoms with Crippen molar-refractivity contribution in [1.29, 1.82) is 0 Å². The van der Waals surface area contributed by atoms with Gasteiger partial charge in [-0.15, -0.1) is 23.1 Å². The summed E-state index contributed by atoms with van der Waals surface area (Å²) in [5, 5.41) is 2.03. The molecule has 2 amide bonds. The third kappa shape index (κ3) is 2.83. The molecular weight excluding hydrogens is 304 g/mol. The summed E-state index contributed by atoms with van der Waals surface area (Å²) in [4.78, 5) is 30.0. The Balaban J connectivity index is 1.81. The van der Waals surface area contributed by atoms with Gasteiger partial charge in [-0.05, 0) is 30.7 Å². The zero-order valence-corrected chi connectivity index (χ0v) is 13.8. The lowest BCUT2D eigenvalue weighted by Crippen LogP contribution is -2.50. The molecule has 2 aliphatic heterocycles. The predicted molar refractivity (Wildman–Crippen MR) is 86.6 cm³/mol. The average molecular weight is 324 g/mol. The van der Waals surface area contributed by atoms with Crippen molar-refractivity contribution in [1.82, 2.24) is 9.80 Å². The van der Waals surface area contributed by atoms with Crippen molar-refractivity contribution in [2.75, 3.05) is 18.8 Å². The first kappa shape index (κ1) is 14.9. The highest BCUT2D eigenvalue weighted by atomic mass is 32.2. The summed E-state index contributed by atoms with van der Waals surface area (Å²) in [6.07, 6.45) is 3.05. The smallest absolute Gasteiger partial charge is 0.265 e. The molecule has 2 aliphatic rings. The van der Waals surface area contributed by atoms with Gasteiger partial charge in [0.1, 0.15) is 6.04 Å². The van der Waals surface area contributed by atoms with Crippen molar-refractivity contribution in [3.63, 3.8) is 0 Å². The van der Waals surface area contributed by atoms with Gasteiger partial charge in [0.15, 0.2) is 0 Å². The Bertz CT molecular complexity index is 512. The van der Waals surface area contributed by atoms with E-state index in [2.05, 4.69) is 6.92 Å². The van der Waals surface area contributed by atoms with Crippen LogP contribution < -0.4 is 0 Å². The molecule has 0 spiro atoms. The van der Waals surface area contributed by atoms with E-state index < -0.39 is 0 Å². The molecule has 0 aromatic carbocycles. The monoisotopic (exact) mass is 324 g/mol. The topological polar surface area (TPSA) is 40.6 Å². The fraction of sp³-hybridized carbons (Fsp3) is 0.600. The SMILES string of the molecule is CCC1SCC(C(=O)N2CCCC2)N1C(=O)c1cccs1. The molecule has 114 valence electrons. The number of rotatable bonds is 3. The van der Waals surface area contributed by atoms with E-state index in [0.29, 0.717) is 0 Å². The average Bonchev–Trinajstić information content (AvgIpc) is 3.26. The second kappa shape index (κ2) is 6.40. The van der Waals surface area contributed by atoms with Crippen molar-refractivity contribution in [2.24, 2.45) is 0 Å². The van der Waals surface area contributed by atoms with Crippen molar-refractivity contribution >= 4 is 34.9 Å². The summed E-state index contributed by atoms with van der Waals surface area (Å²) in [6, 6.07) is 3.45. The Morgan fingerprint density at radius 3 is 2.71 bits per heavy atom. The van der Waals surface area contributed by atoms with Crippen molar-refractivity contribution in [3.05, 3.63) is 22.4 Å². The van der Waals surface area contributed by atoms with Crippen molar-refractivity contribution in [2.45, 2.75) is 37.6 Å². The minimum absolute atomic E-state index is 0.0133. The normalized spacial score (nSPS) is 25.6. The number of amides is 2. The van der Waals surface area contributed by atoms with Crippen LogP contribution in [0, 0.1) is 0 Å². The molecule has 0 aliphatic carbocycles. The largest absolute Gasteiger partial charge is 0.341 e. The minimum Gasteiger partial charge on any atom is -0.341 e. The lowest BCUT2D eigenvalue weighted by molar-refractivity contribution is -0.134. The van der Waals surface area contributed by atoms with Crippen molar-refractivity contribution < 1.29 is 9.59 Å². The van der Waals surface area contributed by atoms with E-state index in [4.69, 9.17) is 0 Å². The first-order valence-electron chi connectivity index (χ1n) is 7.49. The van der Waals surface area contributed by atoms with Crippen LogP contribution in [0.3, 0.4) is 0 Å².